The van der Waals surface area contributed by atoms with Crippen molar-refractivity contribution in [3.05, 3.63) is 35.9 Å². The number of nitrogens with one attached hydrogen (secondary N) is 1. The number of nitriles is 1. The van der Waals surface area contributed by atoms with Crippen LogP contribution in [0, 0.1) is 29.1 Å². The molecule has 2 aliphatic rings. The van der Waals surface area contributed by atoms with Crippen molar-refractivity contribution in [2.75, 3.05) is 0 Å². The van der Waals surface area contributed by atoms with Crippen LogP contribution in [0.4, 0.5) is 0 Å². The van der Waals surface area contributed by atoms with Crippen molar-refractivity contribution in [3.63, 3.8) is 0 Å². The minimum atomic E-state index is -0.540. The van der Waals surface area contributed by atoms with E-state index >= 15 is 0 Å². The molecule has 1 amide bonds. The Bertz CT molecular complexity index is 618. The molecule has 1 aromatic carbocycles. The third-order valence-corrected chi connectivity index (χ3v) is 6.99. The molecule has 3 rings (SSSR count). The number of rotatable bonds is 4. The first-order chi connectivity index (χ1) is 13.8. The first-order valence-corrected chi connectivity index (χ1v) is 11.5. The van der Waals surface area contributed by atoms with Crippen LogP contribution >= 0.6 is 0 Å². The van der Waals surface area contributed by atoms with Gasteiger partial charge in [0.05, 0.1) is 6.07 Å². The van der Waals surface area contributed by atoms with Crippen LogP contribution in [-0.4, -0.2) is 5.91 Å². The number of carbonyl (C=O) groups is 1. The van der Waals surface area contributed by atoms with E-state index in [1.54, 1.807) is 0 Å². The van der Waals surface area contributed by atoms with Crippen LogP contribution in [-0.2, 0) is 4.79 Å². The van der Waals surface area contributed by atoms with Crippen LogP contribution in [0.5, 0.6) is 0 Å². The van der Waals surface area contributed by atoms with Crippen LogP contribution in [0.1, 0.15) is 95.1 Å². The fourth-order valence-electron chi connectivity index (χ4n) is 5.33. The molecule has 0 radical (unpaired) electrons. The van der Waals surface area contributed by atoms with Gasteiger partial charge < -0.3 is 5.32 Å². The zero-order chi connectivity index (χ0) is 19.6. The second kappa shape index (κ2) is 11.2. The summed E-state index contributed by atoms with van der Waals surface area (Å²) in [5.74, 6) is 1.93. The topological polar surface area (TPSA) is 52.9 Å². The highest BCUT2D eigenvalue weighted by atomic mass is 16.1. The molecule has 1 unspecified atom stereocenters. The van der Waals surface area contributed by atoms with Crippen molar-refractivity contribution in [2.24, 2.45) is 17.8 Å². The smallest absolute Gasteiger partial charge is 0.224 e. The number of nitrogens with zero attached hydrogens (tertiary/aromatic N) is 1. The van der Waals surface area contributed by atoms with E-state index in [-0.39, 0.29) is 11.8 Å². The summed E-state index contributed by atoms with van der Waals surface area (Å²) < 4.78 is 0. The quantitative estimate of drug-likeness (QED) is 0.665. The molecule has 0 saturated heterocycles. The summed E-state index contributed by atoms with van der Waals surface area (Å²) in [5, 5.41) is 12.5. The lowest BCUT2D eigenvalue weighted by Crippen LogP contribution is -2.34. The molecule has 0 bridgehead atoms. The lowest BCUT2D eigenvalue weighted by molar-refractivity contribution is -0.126. The Morgan fingerprint density at radius 2 is 1.36 bits per heavy atom. The van der Waals surface area contributed by atoms with E-state index in [0.29, 0.717) is 0 Å². The molecule has 0 aromatic heterocycles. The van der Waals surface area contributed by atoms with Gasteiger partial charge in [-0.15, -0.1) is 0 Å². The van der Waals surface area contributed by atoms with Gasteiger partial charge in [0.2, 0.25) is 5.91 Å². The molecular weight excluding hydrogens is 344 g/mol. The van der Waals surface area contributed by atoms with Gasteiger partial charge in [-0.25, -0.2) is 0 Å². The Labute approximate surface area is 170 Å². The predicted octanol–water partition coefficient (Wildman–Crippen LogP) is 6.31. The van der Waals surface area contributed by atoms with E-state index in [4.69, 9.17) is 0 Å². The second-order valence-electron chi connectivity index (χ2n) is 8.91. The molecular formula is C25H36N2O. The molecule has 28 heavy (non-hydrogen) atoms. The molecule has 152 valence electrons. The van der Waals surface area contributed by atoms with E-state index < -0.39 is 6.04 Å². The predicted molar refractivity (Wildman–Crippen MR) is 113 cm³/mol. The zero-order valence-corrected chi connectivity index (χ0v) is 17.2. The Morgan fingerprint density at radius 1 is 0.821 bits per heavy atom. The molecule has 0 spiro atoms. The number of amides is 1. The molecule has 2 fully saturated rings. The van der Waals surface area contributed by atoms with E-state index in [2.05, 4.69) is 11.4 Å². The van der Waals surface area contributed by atoms with Crippen molar-refractivity contribution in [3.8, 4) is 6.07 Å². The molecule has 0 heterocycles. The Morgan fingerprint density at radius 3 is 1.93 bits per heavy atom. The third-order valence-electron chi connectivity index (χ3n) is 6.99. The van der Waals surface area contributed by atoms with Crippen LogP contribution in [0.25, 0.3) is 0 Å². The molecule has 1 atom stereocenters. The number of hydrogen-bond donors (Lipinski definition) is 1. The first-order valence-electron chi connectivity index (χ1n) is 11.5. The van der Waals surface area contributed by atoms with Crippen molar-refractivity contribution >= 4 is 5.91 Å². The van der Waals surface area contributed by atoms with Gasteiger partial charge in [-0.1, -0.05) is 101 Å². The highest BCUT2D eigenvalue weighted by molar-refractivity contribution is 5.79. The summed E-state index contributed by atoms with van der Waals surface area (Å²) in [5.41, 5.74) is 0.869. The fourth-order valence-corrected chi connectivity index (χ4v) is 5.33. The second-order valence-corrected chi connectivity index (χ2v) is 8.91. The lowest BCUT2D eigenvalue weighted by Gasteiger charge is -2.31. The summed E-state index contributed by atoms with van der Waals surface area (Å²) in [7, 11) is 0. The van der Waals surface area contributed by atoms with Crippen molar-refractivity contribution < 1.29 is 4.79 Å². The summed E-state index contributed by atoms with van der Waals surface area (Å²) in [6.45, 7) is 0. The highest BCUT2D eigenvalue weighted by Crippen LogP contribution is 2.37. The van der Waals surface area contributed by atoms with Gasteiger partial charge in [-0.3, -0.25) is 4.79 Å². The Balaban J connectivity index is 1.50. The monoisotopic (exact) mass is 380 g/mol. The van der Waals surface area contributed by atoms with Crippen molar-refractivity contribution in [2.45, 2.75) is 89.5 Å². The van der Waals surface area contributed by atoms with Crippen LogP contribution in [0.2, 0.25) is 0 Å². The highest BCUT2D eigenvalue weighted by Gasteiger charge is 2.27. The molecule has 0 aliphatic heterocycles. The summed E-state index contributed by atoms with van der Waals surface area (Å²) >= 11 is 0. The van der Waals surface area contributed by atoms with Crippen molar-refractivity contribution in [1.82, 2.24) is 5.32 Å². The fraction of sp³-hybridized carbons (Fsp3) is 0.680. The van der Waals surface area contributed by atoms with Crippen LogP contribution < -0.4 is 5.32 Å². The lowest BCUT2D eigenvalue weighted by atomic mass is 9.74. The Hall–Kier alpha value is -1.82. The van der Waals surface area contributed by atoms with E-state index in [9.17, 15) is 10.1 Å². The van der Waals surface area contributed by atoms with Gasteiger partial charge in [-0.05, 0) is 30.2 Å². The van der Waals surface area contributed by atoms with E-state index in [1.807, 2.05) is 30.3 Å². The number of benzene rings is 1. The normalized spacial score (nSPS) is 26.0. The van der Waals surface area contributed by atoms with Gasteiger partial charge in [0, 0.05) is 5.92 Å². The minimum Gasteiger partial charge on any atom is -0.336 e. The first kappa shape index (κ1) is 20.9. The van der Waals surface area contributed by atoms with Gasteiger partial charge in [0.15, 0.2) is 0 Å². The SMILES string of the molecule is N#CC(NC(=O)C1CCCC(C2CCCCCCC2)CCC1)c1ccccc1. The van der Waals surface area contributed by atoms with Gasteiger partial charge in [-0.2, -0.15) is 5.26 Å². The van der Waals surface area contributed by atoms with Gasteiger partial charge >= 0.3 is 0 Å². The van der Waals surface area contributed by atoms with E-state index in [1.165, 1.54) is 57.8 Å². The third kappa shape index (κ3) is 6.09. The zero-order valence-electron chi connectivity index (χ0n) is 17.2. The molecule has 1 aromatic rings. The summed E-state index contributed by atoms with van der Waals surface area (Å²) in [6.07, 6.45) is 16.8. The Kier molecular flexibility index (Phi) is 8.40. The summed E-state index contributed by atoms with van der Waals surface area (Å²) in [4.78, 5) is 12.8. The van der Waals surface area contributed by atoms with Crippen LogP contribution in [0.15, 0.2) is 30.3 Å². The summed E-state index contributed by atoms with van der Waals surface area (Å²) in [6, 6.07) is 11.3. The van der Waals surface area contributed by atoms with E-state index in [0.717, 1.165) is 43.1 Å². The largest absolute Gasteiger partial charge is 0.336 e. The minimum absolute atomic E-state index is 0.0674. The van der Waals surface area contributed by atoms with Gasteiger partial charge in [0.25, 0.3) is 0 Å². The molecule has 2 aliphatic carbocycles. The average molecular weight is 381 g/mol. The molecule has 3 nitrogen and oxygen atoms in total. The standard InChI is InChI=1S/C25H36N2O/c26-19-24(22-13-7-4-8-14-22)27-25(28)23-17-9-15-21(16-10-18-23)20-11-5-2-1-3-6-12-20/h4,7-8,13-14,20-21,23-24H,1-3,5-6,9-12,15-18H2,(H,27,28). The van der Waals surface area contributed by atoms with Gasteiger partial charge in [0.1, 0.15) is 6.04 Å². The number of hydrogen-bond acceptors (Lipinski definition) is 2. The maximum absolute atomic E-state index is 12.8. The maximum atomic E-state index is 12.8. The molecule has 1 N–H and O–H groups in total. The van der Waals surface area contributed by atoms with Crippen LogP contribution in [0.3, 0.4) is 0 Å². The molecule has 2 saturated carbocycles. The molecule has 3 heteroatoms. The number of carbonyl (C=O) groups excluding carboxylic acids is 1. The van der Waals surface area contributed by atoms with Crippen molar-refractivity contribution in [1.29, 1.82) is 5.26 Å². The maximum Gasteiger partial charge on any atom is 0.224 e. The average Bonchev–Trinajstić information content (AvgIpc) is 2.67.